The highest BCUT2D eigenvalue weighted by Gasteiger charge is 2.15. The summed E-state index contributed by atoms with van der Waals surface area (Å²) in [6.07, 6.45) is 1.19. The standard InChI is InChI=1S/C21H19ClN4O5S/c1-14-4-2-3-5-19(14)25-20(27)21(28)26-23-12-16-8-9-17(31-16)13-24-32(29,30)18-10-6-15(22)7-11-18/h2-12,24H,13H2,1H3,(H,25,27)(H,26,28)/b23-12+. The summed E-state index contributed by atoms with van der Waals surface area (Å²) in [5, 5.41) is 6.59. The van der Waals surface area contributed by atoms with E-state index in [2.05, 4.69) is 20.6 Å². The van der Waals surface area contributed by atoms with E-state index in [1.54, 1.807) is 31.2 Å². The number of hydrazone groups is 1. The summed E-state index contributed by atoms with van der Waals surface area (Å²) < 4.78 is 32.4. The minimum atomic E-state index is -3.74. The van der Waals surface area contributed by atoms with E-state index in [0.717, 1.165) is 5.56 Å². The molecule has 2 aromatic carbocycles. The molecule has 1 aromatic heterocycles. The van der Waals surface area contributed by atoms with Crippen LogP contribution >= 0.6 is 11.6 Å². The van der Waals surface area contributed by atoms with E-state index in [9.17, 15) is 18.0 Å². The third-order valence-electron chi connectivity index (χ3n) is 4.20. The molecule has 0 aliphatic carbocycles. The topological polar surface area (TPSA) is 130 Å². The maximum atomic E-state index is 12.3. The first kappa shape index (κ1) is 23.2. The first-order chi connectivity index (χ1) is 15.2. The number of nitrogens with zero attached hydrogens (tertiary/aromatic N) is 1. The summed E-state index contributed by atoms with van der Waals surface area (Å²) in [6.45, 7) is 1.71. The molecule has 0 saturated heterocycles. The number of sulfonamides is 1. The van der Waals surface area contributed by atoms with Gasteiger partial charge in [-0.05, 0) is 55.0 Å². The van der Waals surface area contributed by atoms with Crippen LogP contribution in [0.25, 0.3) is 0 Å². The second kappa shape index (κ2) is 10.2. The number of benzene rings is 2. The number of carbonyl (C=O) groups is 2. The molecule has 0 spiro atoms. The van der Waals surface area contributed by atoms with Gasteiger partial charge >= 0.3 is 11.8 Å². The lowest BCUT2D eigenvalue weighted by atomic mass is 10.2. The van der Waals surface area contributed by atoms with Crippen molar-refractivity contribution in [3.63, 3.8) is 0 Å². The average molecular weight is 475 g/mol. The third-order valence-corrected chi connectivity index (χ3v) is 5.87. The highest BCUT2D eigenvalue weighted by Crippen LogP contribution is 2.15. The summed E-state index contributed by atoms with van der Waals surface area (Å²) in [5.74, 6) is -1.24. The van der Waals surface area contributed by atoms with E-state index in [1.807, 2.05) is 6.07 Å². The number of halogens is 1. The summed E-state index contributed by atoms with van der Waals surface area (Å²) in [4.78, 5) is 23.9. The molecule has 3 N–H and O–H groups in total. The molecule has 3 aromatic rings. The molecule has 0 fully saturated rings. The van der Waals surface area contributed by atoms with Crippen LogP contribution in [0.3, 0.4) is 0 Å². The van der Waals surface area contributed by atoms with Crippen molar-refractivity contribution in [2.24, 2.45) is 5.10 Å². The number of nitrogens with one attached hydrogen (secondary N) is 3. The lowest BCUT2D eigenvalue weighted by Crippen LogP contribution is -2.32. The summed E-state index contributed by atoms with van der Waals surface area (Å²) in [7, 11) is -3.74. The normalized spacial score (nSPS) is 11.4. The molecule has 2 amide bonds. The molecule has 0 atom stereocenters. The molecule has 0 saturated carbocycles. The molecule has 32 heavy (non-hydrogen) atoms. The van der Waals surface area contributed by atoms with Gasteiger partial charge in [0.1, 0.15) is 11.5 Å². The van der Waals surface area contributed by atoms with Crippen molar-refractivity contribution in [1.29, 1.82) is 0 Å². The van der Waals surface area contributed by atoms with Crippen molar-refractivity contribution in [3.8, 4) is 0 Å². The molecule has 0 bridgehead atoms. The van der Waals surface area contributed by atoms with Crippen molar-refractivity contribution >= 4 is 45.3 Å². The lowest BCUT2D eigenvalue weighted by Gasteiger charge is -2.06. The zero-order valence-electron chi connectivity index (χ0n) is 16.8. The number of anilines is 1. The molecule has 11 heteroatoms. The van der Waals surface area contributed by atoms with Gasteiger partial charge in [-0.1, -0.05) is 29.8 Å². The van der Waals surface area contributed by atoms with Crippen LogP contribution in [0.1, 0.15) is 17.1 Å². The smallest absolute Gasteiger partial charge is 0.329 e. The van der Waals surface area contributed by atoms with Gasteiger partial charge in [-0.3, -0.25) is 9.59 Å². The van der Waals surface area contributed by atoms with Crippen LogP contribution in [0.4, 0.5) is 5.69 Å². The van der Waals surface area contributed by atoms with Gasteiger partial charge < -0.3 is 9.73 Å². The minimum Gasteiger partial charge on any atom is -0.459 e. The Kier molecular flexibility index (Phi) is 7.41. The van der Waals surface area contributed by atoms with E-state index in [4.69, 9.17) is 16.0 Å². The quantitative estimate of drug-likeness (QED) is 0.275. The predicted octanol–water partition coefficient (Wildman–Crippen LogP) is 2.81. The van der Waals surface area contributed by atoms with Crippen LogP contribution in [0, 0.1) is 6.92 Å². The zero-order chi connectivity index (χ0) is 23.1. The van der Waals surface area contributed by atoms with Gasteiger partial charge in [-0.15, -0.1) is 0 Å². The average Bonchev–Trinajstić information content (AvgIpc) is 3.22. The fraction of sp³-hybridized carbons (Fsp3) is 0.0952. The van der Waals surface area contributed by atoms with E-state index >= 15 is 0 Å². The second-order valence-electron chi connectivity index (χ2n) is 6.55. The highest BCUT2D eigenvalue weighted by atomic mass is 35.5. The minimum absolute atomic E-state index is 0.0712. The number of rotatable bonds is 7. The number of amides is 2. The van der Waals surface area contributed by atoms with Crippen molar-refractivity contribution in [2.45, 2.75) is 18.4 Å². The Hall–Kier alpha value is -3.47. The molecule has 166 valence electrons. The Bertz CT molecular complexity index is 1250. The van der Waals surface area contributed by atoms with Crippen molar-refractivity contribution in [3.05, 3.63) is 82.8 Å². The van der Waals surface area contributed by atoms with Crippen molar-refractivity contribution in [2.75, 3.05) is 5.32 Å². The summed E-state index contributed by atoms with van der Waals surface area (Å²) >= 11 is 5.77. The highest BCUT2D eigenvalue weighted by molar-refractivity contribution is 7.89. The number of hydrogen-bond donors (Lipinski definition) is 3. The summed E-state index contributed by atoms with van der Waals surface area (Å²) in [5.41, 5.74) is 3.43. The molecule has 1 heterocycles. The van der Waals surface area contributed by atoms with Crippen LogP contribution < -0.4 is 15.5 Å². The third kappa shape index (κ3) is 6.27. The van der Waals surface area contributed by atoms with E-state index < -0.39 is 21.8 Å². The number of hydrogen-bond acceptors (Lipinski definition) is 6. The van der Waals surface area contributed by atoms with Gasteiger partial charge in [0.15, 0.2) is 0 Å². The van der Waals surface area contributed by atoms with Crippen molar-refractivity contribution < 1.29 is 22.4 Å². The van der Waals surface area contributed by atoms with Crippen LogP contribution in [0.2, 0.25) is 5.02 Å². The first-order valence-electron chi connectivity index (χ1n) is 9.28. The Morgan fingerprint density at radius 1 is 1.03 bits per heavy atom. The fourth-order valence-corrected chi connectivity index (χ4v) is 3.64. The Morgan fingerprint density at radius 3 is 2.47 bits per heavy atom. The van der Waals surface area contributed by atoms with Gasteiger partial charge in [-0.25, -0.2) is 18.6 Å². The van der Waals surface area contributed by atoms with Gasteiger partial charge in [0.2, 0.25) is 10.0 Å². The number of furan rings is 1. The predicted molar refractivity (Wildman–Crippen MR) is 120 cm³/mol. The van der Waals surface area contributed by atoms with E-state index in [1.165, 1.54) is 36.5 Å². The molecule has 3 rings (SSSR count). The number of carbonyl (C=O) groups excluding carboxylic acids is 2. The fourth-order valence-electron chi connectivity index (χ4n) is 2.52. The van der Waals surface area contributed by atoms with E-state index in [-0.39, 0.29) is 17.2 Å². The molecule has 0 unspecified atom stereocenters. The number of para-hydroxylation sites is 1. The van der Waals surface area contributed by atoms with Gasteiger partial charge in [0, 0.05) is 10.7 Å². The molecular formula is C21H19ClN4O5S. The Balaban J connectivity index is 1.51. The lowest BCUT2D eigenvalue weighted by molar-refractivity contribution is -0.136. The summed E-state index contributed by atoms with van der Waals surface area (Å²) in [6, 6.07) is 15.9. The van der Waals surface area contributed by atoms with Crippen LogP contribution in [-0.2, 0) is 26.2 Å². The van der Waals surface area contributed by atoms with Gasteiger partial charge in [0.05, 0.1) is 17.7 Å². The molecule has 0 aliphatic rings. The second-order valence-corrected chi connectivity index (χ2v) is 8.75. The monoisotopic (exact) mass is 474 g/mol. The molecular weight excluding hydrogens is 456 g/mol. The molecule has 0 radical (unpaired) electrons. The Morgan fingerprint density at radius 2 is 1.75 bits per heavy atom. The van der Waals surface area contributed by atoms with Gasteiger partial charge in [0.25, 0.3) is 0 Å². The maximum Gasteiger partial charge on any atom is 0.329 e. The van der Waals surface area contributed by atoms with Crippen LogP contribution in [0.15, 0.2) is 75.1 Å². The molecule has 0 aliphatic heterocycles. The SMILES string of the molecule is Cc1ccccc1NC(=O)C(=O)N/N=C/c1ccc(CNS(=O)(=O)c2ccc(Cl)cc2)o1. The zero-order valence-corrected chi connectivity index (χ0v) is 18.4. The molecule has 9 nitrogen and oxygen atoms in total. The Labute approximate surface area is 189 Å². The van der Waals surface area contributed by atoms with Crippen LogP contribution in [-0.4, -0.2) is 26.4 Å². The first-order valence-corrected chi connectivity index (χ1v) is 11.1. The largest absolute Gasteiger partial charge is 0.459 e. The maximum absolute atomic E-state index is 12.3. The number of aryl methyl sites for hydroxylation is 1. The van der Waals surface area contributed by atoms with Crippen molar-refractivity contribution in [1.82, 2.24) is 10.1 Å². The van der Waals surface area contributed by atoms with Gasteiger partial charge in [-0.2, -0.15) is 5.10 Å². The van der Waals surface area contributed by atoms with Crippen LogP contribution in [0.5, 0.6) is 0 Å². The van der Waals surface area contributed by atoms with E-state index in [0.29, 0.717) is 16.5 Å².